The average Bonchev–Trinajstić information content (AvgIpc) is 2.62. The highest BCUT2D eigenvalue weighted by atomic mass is 32.1. The fraction of sp³-hybridized carbons (Fsp3) is 0.625. The zero-order valence-electron chi connectivity index (χ0n) is 7.03. The Morgan fingerprint density at radius 3 is 2.50 bits per heavy atom. The molecule has 2 N–H and O–H groups in total. The zero-order chi connectivity index (χ0) is 9.03. The van der Waals surface area contributed by atoms with Crippen molar-refractivity contribution in [3.05, 3.63) is 16.6 Å². The molecule has 0 aliphatic heterocycles. The van der Waals surface area contributed by atoms with Crippen LogP contribution < -0.4 is 0 Å². The normalized spacial score (nSPS) is 11.9. The van der Waals surface area contributed by atoms with Gasteiger partial charge >= 0.3 is 0 Å². The third-order valence-corrected chi connectivity index (χ3v) is 3.19. The Balaban J connectivity index is 2.93. The van der Waals surface area contributed by atoms with Crippen molar-refractivity contribution >= 4 is 11.3 Å². The summed E-state index contributed by atoms with van der Waals surface area (Å²) in [7, 11) is 0. The number of aromatic nitrogens is 1. The van der Waals surface area contributed by atoms with E-state index in [1.165, 1.54) is 11.3 Å². The molecule has 0 bridgehead atoms. The van der Waals surface area contributed by atoms with Crippen molar-refractivity contribution in [2.45, 2.75) is 18.8 Å². The number of aliphatic hydroxyl groups excluding tert-OH is 2. The van der Waals surface area contributed by atoms with Crippen LogP contribution in [0.4, 0.5) is 0 Å². The van der Waals surface area contributed by atoms with Gasteiger partial charge in [-0.1, -0.05) is 6.92 Å². The molecule has 0 fully saturated rings. The lowest BCUT2D eigenvalue weighted by molar-refractivity contribution is 0.113. The molecule has 0 amide bonds. The smallest absolute Gasteiger partial charge is 0.103 e. The topological polar surface area (TPSA) is 53.4 Å². The van der Waals surface area contributed by atoms with E-state index >= 15 is 0 Å². The molecule has 3 nitrogen and oxygen atoms in total. The fourth-order valence-corrected chi connectivity index (χ4v) is 1.94. The van der Waals surface area contributed by atoms with Crippen molar-refractivity contribution in [1.82, 2.24) is 4.98 Å². The first-order chi connectivity index (χ1) is 5.79. The minimum atomic E-state index is -0.534. The van der Waals surface area contributed by atoms with E-state index in [0.717, 1.165) is 5.01 Å². The highest BCUT2D eigenvalue weighted by Gasteiger charge is 2.31. The minimum absolute atomic E-state index is 0.0481. The van der Waals surface area contributed by atoms with Gasteiger partial charge in [0, 0.05) is 11.6 Å². The first-order valence-corrected chi connectivity index (χ1v) is 4.78. The van der Waals surface area contributed by atoms with Crippen LogP contribution in [0.2, 0.25) is 0 Å². The Kier molecular flexibility index (Phi) is 3.20. The van der Waals surface area contributed by atoms with Crippen molar-refractivity contribution in [1.29, 1.82) is 0 Å². The van der Waals surface area contributed by atoms with Crippen LogP contribution in [0.1, 0.15) is 18.4 Å². The highest BCUT2D eigenvalue weighted by Crippen LogP contribution is 2.28. The Labute approximate surface area is 75.7 Å². The first-order valence-electron chi connectivity index (χ1n) is 3.91. The minimum Gasteiger partial charge on any atom is -0.395 e. The molecule has 0 radical (unpaired) electrons. The van der Waals surface area contributed by atoms with Gasteiger partial charge in [0.05, 0.1) is 18.6 Å². The molecule has 0 saturated heterocycles. The number of aliphatic hydroxyl groups is 2. The summed E-state index contributed by atoms with van der Waals surface area (Å²) in [4.78, 5) is 4.10. The number of rotatable bonds is 4. The molecule has 0 aliphatic carbocycles. The maximum absolute atomic E-state index is 9.16. The van der Waals surface area contributed by atoms with E-state index in [1.807, 2.05) is 12.3 Å². The van der Waals surface area contributed by atoms with Crippen LogP contribution in [0, 0.1) is 0 Å². The summed E-state index contributed by atoms with van der Waals surface area (Å²) in [5, 5.41) is 21.0. The molecular weight excluding hydrogens is 174 g/mol. The van der Waals surface area contributed by atoms with Crippen LogP contribution >= 0.6 is 11.3 Å². The molecule has 0 aromatic carbocycles. The second-order valence-corrected chi connectivity index (χ2v) is 3.68. The van der Waals surface area contributed by atoms with Gasteiger partial charge in [-0.05, 0) is 6.42 Å². The largest absolute Gasteiger partial charge is 0.395 e. The molecule has 0 unspecified atom stereocenters. The van der Waals surface area contributed by atoms with E-state index in [1.54, 1.807) is 6.20 Å². The monoisotopic (exact) mass is 187 g/mol. The molecule has 12 heavy (non-hydrogen) atoms. The standard InChI is InChI=1S/C8H13NO2S/c1-2-8(5-10,6-11)7-9-3-4-12-7/h3-4,10-11H,2,5-6H2,1H3. The molecule has 1 rings (SSSR count). The molecule has 1 aromatic heterocycles. The third kappa shape index (κ3) is 1.50. The summed E-state index contributed by atoms with van der Waals surface area (Å²) < 4.78 is 0. The number of thiazole rings is 1. The van der Waals surface area contributed by atoms with Crippen LogP contribution in [0.3, 0.4) is 0 Å². The summed E-state index contributed by atoms with van der Waals surface area (Å²) >= 11 is 1.47. The maximum Gasteiger partial charge on any atom is 0.103 e. The van der Waals surface area contributed by atoms with E-state index < -0.39 is 5.41 Å². The van der Waals surface area contributed by atoms with Crippen molar-refractivity contribution in [2.24, 2.45) is 0 Å². The second-order valence-electron chi connectivity index (χ2n) is 2.79. The quantitative estimate of drug-likeness (QED) is 0.732. The summed E-state index contributed by atoms with van der Waals surface area (Å²) in [6.07, 6.45) is 2.39. The van der Waals surface area contributed by atoms with Crippen LogP contribution in [-0.4, -0.2) is 28.4 Å². The predicted molar refractivity (Wildman–Crippen MR) is 48.3 cm³/mol. The van der Waals surface area contributed by atoms with Crippen LogP contribution in [0.25, 0.3) is 0 Å². The van der Waals surface area contributed by atoms with E-state index in [4.69, 9.17) is 10.2 Å². The van der Waals surface area contributed by atoms with Gasteiger partial charge < -0.3 is 10.2 Å². The third-order valence-electron chi connectivity index (χ3n) is 2.17. The molecule has 0 saturated carbocycles. The molecule has 0 spiro atoms. The lowest BCUT2D eigenvalue weighted by Gasteiger charge is -2.25. The molecule has 1 heterocycles. The van der Waals surface area contributed by atoms with Gasteiger partial charge in [-0.25, -0.2) is 4.98 Å². The van der Waals surface area contributed by atoms with Crippen molar-refractivity contribution in [2.75, 3.05) is 13.2 Å². The van der Waals surface area contributed by atoms with E-state index in [0.29, 0.717) is 6.42 Å². The predicted octanol–water partition coefficient (Wildman–Crippen LogP) is 0.776. The van der Waals surface area contributed by atoms with Gasteiger partial charge in [-0.15, -0.1) is 11.3 Å². The molecular formula is C8H13NO2S. The number of hydrogen-bond acceptors (Lipinski definition) is 4. The van der Waals surface area contributed by atoms with E-state index in [9.17, 15) is 0 Å². The fourth-order valence-electron chi connectivity index (χ4n) is 1.05. The Morgan fingerprint density at radius 1 is 1.50 bits per heavy atom. The van der Waals surface area contributed by atoms with Crippen LogP contribution in [0.15, 0.2) is 11.6 Å². The number of nitrogens with zero attached hydrogens (tertiary/aromatic N) is 1. The SMILES string of the molecule is CCC(CO)(CO)c1nccs1. The summed E-state index contributed by atoms with van der Waals surface area (Å²) in [6, 6.07) is 0. The molecule has 68 valence electrons. The average molecular weight is 187 g/mol. The van der Waals surface area contributed by atoms with Gasteiger partial charge in [0.1, 0.15) is 5.01 Å². The highest BCUT2D eigenvalue weighted by molar-refractivity contribution is 7.09. The summed E-state index contributed by atoms with van der Waals surface area (Å²) in [6.45, 7) is 1.84. The lowest BCUT2D eigenvalue weighted by atomic mass is 9.88. The van der Waals surface area contributed by atoms with Crippen molar-refractivity contribution in [3.63, 3.8) is 0 Å². The molecule has 0 aliphatic rings. The summed E-state index contributed by atoms with van der Waals surface area (Å²) in [5.41, 5.74) is -0.534. The van der Waals surface area contributed by atoms with Crippen LogP contribution in [0.5, 0.6) is 0 Å². The van der Waals surface area contributed by atoms with Gasteiger partial charge in [0.2, 0.25) is 0 Å². The maximum atomic E-state index is 9.16. The Morgan fingerprint density at radius 2 is 2.17 bits per heavy atom. The summed E-state index contributed by atoms with van der Waals surface area (Å²) in [5.74, 6) is 0. The first kappa shape index (κ1) is 9.64. The Hall–Kier alpha value is -0.450. The number of hydrogen-bond donors (Lipinski definition) is 2. The van der Waals surface area contributed by atoms with Gasteiger partial charge in [-0.3, -0.25) is 0 Å². The van der Waals surface area contributed by atoms with E-state index in [2.05, 4.69) is 4.98 Å². The van der Waals surface area contributed by atoms with Crippen LogP contribution in [-0.2, 0) is 5.41 Å². The molecule has 0 atom stereocenters. The molecule has 1 aromatic rings. The zero-order valence-corrected chi connectivity index (χ0v) is 7.84. The Bertz CT molecular complexity index is 211. The second kappa shape index (κ2) is 3.98. The van der Waals surface area contributed by atoms with Gasteiger partial charge in [-0.2, -0.15) is 0 Å². The van der Waals surface area contributed by atoms with Gasteiger partial charge in [0.25, 0.3) is 0 Å². The van der Waals surface area contributed by atoms with Crippen molar-refractivity contribution < 1.29 is 10.2 Å². The van der Waals surface area contributed by atoms with E-state index in [-0.39, 0.29) is 13.2 Å². The lowest BCUT2D eigenvalue weighted by Crippen LogP contribution is -2.33. The van der Waals surface area contributed by atoms with Crippen molar-refractivity contribution in [3.8, 4) is 0 Å². The molecule has 4 heteroatoms. The van der Waals surface area contributed by atoms with Gasteiger partial charge in [0.15, 0.2) is 0 Å².